The first kappa shape index (κ1) is 21.9. The van der Waals surface area contributed by atoms with Crippen molar-refractivity contribution < 1.29 is 19.1 Å². The van der Waals surface area contributed by atoms with Gasteiger partial charge in [0.05, 0.1) is 17.2 Å². The van der Waals surface area contributed by atoms with Gasteiger partial charge in [-0.15, -0.1) is 0 Å². The van der Waals surface area contributed by atoms with Crippen molar-refractivity contribution in [2.75, 3.05) is 13.2 Å². The van der Waals surface area contributed by atoms with Gasteiger partial charge in [-0.1, -0.05) is 36.4 Å². The number of hydrogen-bond acceptors (Lipinski definition) is 6. The molecule has 2 aromatic carbocycles. The van der Waals surface area contributed by atoms with Gasteiger partial charge in [-0.3, -0.25) is 23.7 Å². The van der Waals surface area contributed by atoms with Crippen molar-refractivity contribution in [2.45, 2.75) is 26.3 Å². The predicted molar refractivity (Wildman–Crippen MR) is 115 cm³/mol. The van der Waals surface area contributed by atoms with Gasteiger partial charge < -0.3 is 10.1 Å². The number of carbonyl (C=O) groups excluding carboxylic acids is 3. The SMILES string of the molecule is CC(=O)NCCCc1ccc(C(=O)COC(=O)Cn2cnc3ccccc3c2=O)cc1. The molecular formula is C23H23N3O5. The molecule has 0 aliphatic carbocycles. The summed E-state index contributed by atoms with van der Waals surface area (Å²) < 4.78 is 6.20. The zero-order valence-electron chi connectivity index (χ0n) is 17.2. The van der Waals surface area contributed by atoms with Gasteiger partial charge in [-0.05, 0) is 30.5 Å². The minimum absolute atomic E-state index is 0.0581. The van der Waals surface area contributed by atoms with Crippen LogP contribution in [-0.2, 0) is 27.3 Å². The summed E-state index contributed by atoms with van der Waals surface area (Å²) in [5.74, 6) is -1.08. The van der Waals surface area contributed by atoms with E-state index in [9.17, 15) is 19.2 Å². The summed E-state index contributed by atoms with van der Waals surface area (Å²) in [6, 6.07) is 13.9. The highest BCUT2D eigenvalue weighted by atomic mass is 16.5. The van der Waals surface area contributed by atoms with E-state index in [1.54, 1.807) is 36.4 Å². The molecule has 1 aromatic heterocycles. The molecule has 8 nitrogen and oxygen atoms in total. The van der Waals surface area contributed by atoms with E-state index in [0.717, 1.165) is 23.0 Å². The fourth-order valence-electron chi connectivity index (χ4n) is 3.05. The molecule has 1 N–H and O–H groups in total. The molecule has 0 radical (unpaired) electrons. The third-order valence-electron chi connectivity index (χ3n) is 4.69. The number of esters is 1. The molecule has 31 heavy (non-hydrogen) atoms. The number of carbonyl (C=O) groups is 3. The number of nitrogens with one attached hydrogen (secondary N) is 1. The van der Waals surface area contributed by atoms with Gasteiger partial charge in [0.2, 0.25) is 5.91 Å². The lowest BCUT2D eigenvalue weighted by molar-refractivity contribution is -0.143. The number of ether oxygens (including phenoxy) is 1. The predicted octanol–water partition coefficient (Wildman–Crippen LogP) is 1.89. The number of amides is 1. The van der Waals surface area contributed by atoms with Crippen molar-refractivity contribution in [1.29, 1.82) is 0 Å². The quantitative estimate of drug-likeness (QED) is 0.321. The third-order valence-corrected chi connectivity index (χ3v) is 4.69. The van der Waals surface area contributed by atoms with Gasteiger partial charge in [0.1, 0.15) is 6.54 Å². The van der Waals surface area contributed by atoms with Crippen LogP contribution in [0.1, 0.15) is 29.3 Å². The van der Waals surface area contributed by atoms with E-state index in [4.69, 9.17) is 4.74 Å². The van der Waals surface area contributed by atoms with E-state index in [0.29, 0.717) is 23.0 Å². The van der Waals surface area contributed by atoms with Crippen LogP contribution < -0.4 is 10.9 Å². The first-order chi connectivity index (χ1) is 14.9. The number of nitrogens with zero attached hydrogens (tertiary/aromatic N) is 2. The average Bonchev–Trinajstić information content (AvgIpc) is 2.77. The summed E-state index contributed by atoms with van der Waals surface area (Å²) in [6.45, 7) is 1.35. The molecule has 0 spiro atoms. The monoisotopic (exact) mass is 421 g/mol. The highest BCUT2D eigenvalue weighted by Crippen LogP contribution is 2.08. The van der Waals surface area contributed by atoms with Crippen LogP contribution in [0.25, 0.3) is 10.9 Å². The van der Waals surface area contributed by atoms with Crippen molar-refractivity contribution in [3.8, 4) is 0 Å². The first-order valence-corrected chi connectivity index (χ1v) is 9.90. The van der Waals surface area contributed by atoms with Gasteiger partial charge in [-0.25, -0.2) is 4.98 Å². The number of hydrogen-bond donors (Lipinski definition) is 1. The summed E-state index contributed by atoms with van der Waals surface area (Å²) in [5.41, 5.74) is 1.68. The number of Topliss-reactive ketones (excluding diaryl/α,β-unsaturated/α-hetero) is 1. The smallest absolute Gasteiger partial charge is 0.326 e. The van der Waals surface area contributed by atoms with Gasteiger partial charge in [0.25, 0.3) is 5.56 Å². The average molecular weight is 421 g/mol. The lowest BCUT2D eigenvalue weighted by Gasteiger charge is -2.08. The van der Waals surface area contributed by atoms with Crippen molar-refractivity contribution in [2.24, 2.45) is 0 Å². The van der Waals surface area contributed by atoms with E-state index in [-0.39, 0.29) is 23.8 Å². The Bertz CT molecular complexity index is 1150. The number of benzene rings is 2. The molecular weight excluding hydrogens is 398 g/mol. The molecule has 3 rings (SSSR count). The van der Waals surface area contributed by atoms with Crippen molar-refractivity contribution >= 4 is 28.6 Å². The Balaban J connectivity index is 1.50. The first-order valence-electron chi connectivity index (χ1n) is 9.90. The van der Waals surface area contributed by atoms with Crippen molar-refractivity contribution in [3.63, 3.8) is 0 Å². The molecule has 0 aliphatic rings. The highest BCUT2D eigenvalue weighted by Gasteiger charge is 2.12. The third kappa shape index (κ3) is 6.08. The second-order valence-corrected chi connectivity index (χ2v) is 7.06. The van der Waals surface area contributed by atoms with Crippen LogP contribution in [0.5, 0.6) is 0 Å². The molecule has 0 bridgehead atoms. The molecule has 8 heteroatoms. The number of ketones is 1. The molecule has 3 aromatic rings. The summed E-state index contributed by atoms with van der Waals surface area (Å²) >= 11 is 0. The van der Waals surface area contributed by atoms with Crippen LogP contribution in [0, 0.1) is 0 Å². The Labute approximate surface area is 178 Å². The molecule has 0 saturated carbocycles. The van der Waals surface area contributed by atoms with Gasteiger partial charge in [0, 0.05) is 19.0 Å². The Morgan fingerprint density at radius 1 is 1.06 bits per heavy atom. The minimum atomic E-state index is -0.692. The molecule has 0 fully saturated rings. The fraction of sp³-hybridized carbons (Fsp3) is 0.261. The summed E-state index contributed by atoms with van der Waals surface area (Å²) in [7, 11) is 0. The summed E-state index contributed by atoms with van der Waals surface area (Å²) in [6.07, 6.45) is 2.87. The van der Waals surface area contributed by atoms with E-state index < -0.39 is 12.6 Å². The van der Waals surface area contributed by atoms with Crippen LogP contribution in [-0.4, -0.2) is 40.4 Å². The maximum Gasteiger partial charge on any atom is 0.326 e. The van der Waals surface area contributed by atoms with Crippen molar-refractivity contribution in [1.82, 2.24) is 14.9 Å². The molecule has 160 valence electrons. The lowest BCUT2D eigenvalue weighted by Crippen LogP contribution is -2.26. The van der Waals surface area contributed by atoms with Crippen LogP contribution in [0.15, 0.2) is 59.7 Å². The number of rotatable bonds is 9. The minimum Gasteiger partial charge on any atom is -0.456 e. The van der Waals surface area contributed by atoms with E-state index in [1.165, 1.54) is 13.3 Å². The Hall–Kier alpha value is -3.81. The largest absolute Gasteiger partial charge is 0.456 e. The van der Waals surface area contributed by atoms with E-state index >= 15 is 0 Å². The van der Waals surface area contributed by atoms with Crippen LogP contribution >= 0.6 is 0 Å². The van der Waals surface area contributed by atoms with Gasteiger partial charge in [0.15, 0.2) is 12.4 Å². The molecule has 0 saturated heterocycles. The highest BCUT2D eigenvalue weighted by molar-refractivity contribution is 5.98. The van der Waals surface area contributed by atoms with Gasteiger partial charge >= 0.3 is 5.97 Å². The fourth-order valence-corrected chi connectivity index (χ4v) is 3.05. The molecule has 0 unspecified atom stereocenters. The standard InChI is InChI=1S/C23H23N3O5/c1-16(27)24-12-4-5-17-8-10-18(11-9-17)21(28)14-31-22(29)13-26-15-25-20-7-3-2-6-19(20)23(26)30/h2-3,6-11,15H,4-5,12-14H2,1H3,(H,24,27). The summed E-state index contributed by atoms with van der Waals surface area (Å²) in [4.78, 5) is 51.8. The molecule has 0 aliphatic heterocycles. The van der Waals surface area contributed by atoms with Crippen LogP contribution in [0.2, 0.25) is 0 Å². The van der Waals surface area contributed by atoms with E-state index in [2.05, 4.69) is 10.3 Å². The number of aromatic nitrogens is 2. The maximum absolute atomic E-state index is 12.4. The van der Waals surface area contributed by atoms with Crippen LogP contribution in [0.4, 0.5) is 0 Å². The summed E-state index contributed by atoms with van der Waals surface area (Å²) in [5, 5.41) is 3.14. The topological polar surface area (TPSA) is 107 Å². The van der Waals surface area contributed by atoms with Crippen molar-refractivity contribution in [3.05, 3.63) is 76.3 Å². The van der Waals surface area contributed by atoms with Crippen LogP contribution in [0.3, 0.4) is 0 Å². The Kier molecular flexibility index (Phi) is 7.26. The zero-order chi connectivity index (χ0) is 22.2. The molecule has 1 heterocycles. The second-order valence-electron chi connectivity index (χ2n) is 7.06. The Morgan fingerprint density at radius 2 is 1.81 bits per heavy atom. The Morgan fingerprint density at radius 3 is 2.55 bits per heavy atom. The second kappa shape index (κ2) is 10.3. The normalized spacial score (nSPS) is 10.6. The molecule has 1 amide bonds. The number of fused-ring (bicyclic) bond motifs is 1. The zero-order valence-corrected chi connectivity index (χ0v) is 17.2. The lowest BCUT2D eigenvalue weighted by atomic mass is 10.1. The number of para-hydroxylation sites is 1. The van der Waals surface area contributed by atoms with E-state index in [1.807, 2.05) is 12.1 Å². The number of aryl methyl sites for hydroxylation is 1. The molecule has 0 atom stereocenters. The maximum atomic E-state index is 12.4. The van der Waals surface area contributed by atoms with Gasteiger partial charge in [-0.2, -0.15) is 0 Å².